The second-order valence-corrected chi connectivity index (χ2v) is 9.08. The summed E-state index contributed by atoms with van der Waals surface area (Å²) in [5, 5.41) is 4.94. The van der Waals surface area contributed by atoms with Crippen LogP contribution in [-0.4, -0.2) is 23.0 Å². The number of rotatable bonds is 8. The lowest BCUT2D eigenvalue weighted by atomic mass is 10.1. The maximum Gasteiger partial charge on any atom is 0.282 e. The molecule has 0 unspecified atom stereocenters. The quantitative estimate of drug-likeness (QED) is 0.207. The first-order chi connectivity index (χ1) is 16.9. The number of methoxy groups -OCH3 is 1. The molecule has 7 heteroatoms. The lowest BCUT2D eigenvalue weighted by Crippen LogP contribution is -2.20. The molecule has 0 N–H and O–H groups in total. The third-order valence-corrected chi connectivity index (χ3v) is 6.03. The molecule has 1 heterocycles. The molecule has 4 aromatic rings. The number of hydrogen-bond acceptors (Lipinski definition) is 5. The summed E-state index contributed by atoms with van der Waals surface area (Å²) in [5.74, 6) is 1.75. The van der Waals surface area contributed by atoms with Crippen LogP contribution in [0.3, 0.4) is 0 Å². The molecule has 0 radical (unpaired) electrons. The van der Waals surface area contributed by atoms with Crippen molar-refractivity contribution in [2.75, 3.05) is 7.11 Å². The Morgan fingerprint density at radius 2 is 1.89 bits per heavy atom. The molecular formula is C28H26BrN3O3. The van der Waals surface area contributed by atoms with E-state index < -0.39 is 0 Å². The summed E-state index contributed by atoms with van der Waals surface area (Å²) < 4.78 is 13.9. The minimum Gasteiger partial charge on any atom is -0.493 e. The molecule has 0 bridgehead atoms. The number of aromatic nitrogens is 2. The van der Waals surface area contributed by atoms with Crippen molar-refractivity contribution in [3.05, 3.63) is 110 Å². The number of benzene rings is 3. The molecule has 0 atom stereocenters. The summed E-state index contributed by atoms with van der Waals surface area (Å²) in [6.07, 6.45) is 4.03. The van der Waals surface area contributed by atoms with Crippen molar-refractivity contribution in [2.24, 2.45) is 5.10 Å². The minimum atomic E-state index is -0.235. The van der Waals surface area contributed by atoms with Crippen molar-refractivity contribution in [1.82, 2.24) is 9.66 Å². The van der Waals surface area contributed by atoms with Gasteiger partial charge in [0.2, 0.25) is 0 Å². The Labute approximate surface area is 212 Å². The third kappa shape index (κ3) is 5.52. The Morgan fingerprint density at radius 1 is 1.11 bits per heavy atom. The number of halogens is 1. The number of ether oxygens (including phenoxy) is 2. The molecule has 1 aromatic heterocycles. The van der Waals surface area contributed by atoms with Gasteiger partial charge in [0.15, 0.2) is 11.5 Å². The van der Waals surface area contributed by atoms with Crippen molar-refractivity contribution < 1.29 is 9.47 Å². The van der Waals surface area contributed by atoms with Gasteiger partial charge in [0.25, 0.3) is 5.56 Å². The van der Waals surface area contributed by atoms with Gasteiger partial charge < -0.3 is 9.47 Å². The van der Waals surface area contributed by atoms with Crippen LogP contribution in [0.5, 0.6) is 11.5 Å². The van der Waals surface area contributed by atoms with Crippen LogP contribution in [0.4, 0.5) is 0 Å². The van der Waals surface area contributed by atoms with Crippen molar-refractivity contribution in [3.63, 3.8) is 0 Å². The van der Waals surface area contributed by atoms with E-state index in [1.807, 2.05) is 42.5 Å². The molecule has 0 saturated heterocycles. The summed E-state index contributed by atoms with van der Waals surface area (Å²) in [4.78, 5) is 17.6. The smallest absolute Gasteiger partial charge is 0.282 e. The number of allylic oxidation sites excluding steroid dienone is 1. The fourth-order valence-corrected chi connectivity index (χ4v) is 4.10. The number of nitrogens with zero attached hydrogens (tertiary/aromatic N) is 3. The first-order valence-electron chi connectivity index (χ1n) is 11.1. The molecule has 0 aliphatic carbocycles. The number of fused-ring (bicyclic) bond motifs is 1. The van der Waals surface area contributed by atoms with Gasteiger partial charge in [-0.1, -0.05) is 51.8 Å². The highest BCUT2D eigenvalue weighted by atomic mass is 79.9. The van der Waals surface area contributed by atoms with E-state index in [9.17, 15) is 4.79 Å². The largest absolute Gasteiger partial charge is 0.493 e. The van der Waals surface area contributed by atoms with E-state index in [-0.39, 0.29) is 5.56 Å². The van der Waals surface area contributed by atoms with Crippen molar-refractivity contribution in [2.45, 2.75) is 26.9 Å². The van der Waals surface area contributed by atoms with Gasteiger partial charge in [-0.05, 0) is 61.7 Å². The molecule has 178 valence electrons. The van der Waals surface area contributed by atoms with Gasteiger partial charge in [-0.25, -0.2) is 4.98 Å². The van der Waals surface area contributed by atoms with E-state index in [2.05, 4.69) is 51.7 Å². The zero-order valence-corrected chi connectivity index (χ0v) is 21.5. The fraction of sp³-hybridized carbons (Fsp3) is 0.179. The van der Waals surface area contributed by atoms with Gasteiger partial charge in [0.05, 0.1) is 24.2 Å². The molecule has 3 aromatic carbocycles. The van der Waals surface area contributed by atoms with E-state index in [1.54, 1.807) is 26.3 Å². The second kappa shape index (κ2) is 10.7. The van der Waals surface area contributed by atoms with Crippen molar-refractivity contribution in [3.8, 4) is 11.5 Å². The maximum atomic E-state index is 13.0. The number of hydrogen-bond donors (Lipinski definition) is 0. The van der Waals surface area contributed by atoms with E-state index in [4.69, 9.17) is 9.47 Å². The van der Waals surface area contributed by atoms with Crippen LogP contribution in [0.25, 0.3) is 10.9 Å². The zero-order chi connectivity index (χ0) is 24.9. The summed E-state index contributed by atoms with van der Waals surface area (Å²) >= 11 is 3.41. The SMILES string of the molecule is C=CCc1cc(C=Nn2c(C)nc3ccc(Br)cc3c2=O)cc(OC)c1OCc1ccc(C)cc1. The van der Waals surface area contributed by atoms with Crippen LogP contribution in [0.15, 0.2) is 81.6 Å². The van der Waals surface area contributed by atoms with Crippen molar-refractivity contribution >= 4 is 33.0 Å². The highest BCUT2D eigenvalue weighted by molar-refractivity contribution is 9.10. The van der Waals surface area contributed by atoms with E-state index in [0.29, 0.717) is 41.3 Å². The molecule has 0 saturated carbocycles. The topological polar surface area (TPSA) is 65.7 Å². The van der Waals surface area contributed by atoms with Gasteiger partial charge in [-0.2, -0.15) is 9.78 Å². The zero-order valence-electron chi connectivity index (χ0n) is 19.9. The highest BCUT2D eigenvalue weighted by Gasteiger charge is 2.13. The lowest BCUT2D eigenvalue weighted by Gasteiger charge is -2.16. The van der Waals surface area contributed by atoms with Gasteiger partial charge >= 0.3 is 0 Å². The van der Waals surface area contributed by atoms with Crippen LogP contribution in [0, 0.1) is 13.8 Å². The standard InChI is InChI=1S/C28H26BrN3O3/c1-5-6-22-13-21(14-26(34-4)27(22)35-17-20-9-7-18(2)8-10-20)16-30-32-19(3)31-25-12-11-23(29)15-24(25)28(32)33/h5,7-16H,1,6,17H2,2-4H3. The molecule has 0 spiro atoms. The molecule has 0 aliphatic rings. The van der Waals surface area contributed by atoms with Crippen LogP contribution in [0.2, 0.25) is 0 Å². The van der Waals surface area contributed by atoms with Crippen LogP contribution >= 0.6 is 15.9 Å². The maximum absolute atomic E-state index is 13.0. The van der Waals surface area contributed by atoms with Crippen LogP contribution in [0.1, 0.15) is 28.1 Å². The van der Waals surface area contributed by atoms with E-state index in [0.717, 1.165) is 21.2 Å². The van der Waals surface area contributed by atoms with Crippen LogP contribution < -0.4 is 15.0 Å². The Morgan fingerprint density at radius 3 is 2.60 bits per heavy atom. The average Bonchev–Trinajstić information content (AvgIpc) is 2.84. The predicted molar refractivity (Wildman–Crippen MR) is 144 cm³/mol. The van der Waals surface area contributed by atoms with Crippen LogP contribution in [-0.2, 0) is 13.0 Å². The summed E-state index contributed by atoms with van der Waals surface area (Å²) in [6, 6.07) is 17.4. The fourth-order valence-electron chi connectivity index (χ4n) is 3.74. The molecule has 6 nitrogen and oxygen atoms in total. The molecular weight excluding hydrogens is 506 g/mol. The monoisotopic (exact) mass is 531 g/mol. The Bertz CT molecular complexity index is 1470. The Kier molecular flexibility index (Phi) is 7.46. The Balaban J connectivity index is 1.69. The lowest BCUT2D eigenvalue weighted by molar-refractivity contribution is 0.282. The molecule has 0 amide bonds. The van der Waals surface area contributed by atoms with E-state index >= 15 is 0 Å². The highest BCUT2D eigenvalue weighted by Crippen LogP contribution is 2.34. The average molecular weight is 532 g/mol. The molecule has 4 rings (SSSR count). The first-order valence-corrected chi connectivity index (χ1v) is 11.9. The van der Waals surface area contributed by atoms with Gasteiger partial charge in [0.1, 0.15) is 12.4 Å². The third-order valence-electron chi connectivity index (χ3n) is 5.53. The molecule has 35 heavy (non-hydrogen) atoms. The first kappa shape index (κ1) is 24.4. The predicted octanol–water partition coefficient (Wildman–Crippen LogP) is 5.97. The molecule has 0 aliphatic heterocycles. The summed E-state index contributed by atoms with van der Waals surface area (Å²) in [6.45, 7) is 8.10. The summed E-state index contributed by atoms with van der Waals surface area (Å²) in [5.41, 5.74) is 4.34. The van der Waals surface area contributed by atoms with Gasteiger partial charge in [0, 0.05) is 10.0 Å². The van der Waals surface area contributed by atoms with E-state index in [1.165, 1.54) is 10.2 Å². The minimum absolute atomic E-state index is 0.235. The summed E-state index contributed by atoms with van der Waals surface area (Å²) in [7, 11) is 1.60. The van der Waals surface area contributed by atoms with Gasteiger partial charge in [-0.3, -0.25) is 4.79 Å². The normalized spacial score (nSPS) is 11.2. The molecule has 0 fully saturated rings. The Hall–Kier alpha value is -3.71. The van der Waals surface area contributed by atoms with Gasteiger partial charge in [-0.15, -0.1) is 6.58 Å². The van der Waals surface area contributed by atoms with Crippen molar-refractivity contribution in [1.29, 1.82) is 0 Å². The second-order valence-electron chi connectivity index (χ2n) is 8.16. The number of aryl methyl sites for hydroxylation is 2.